The molecular formula is C22H25N3O5S. The second-order valence-corrected chi connectivity index (χ2v) is 9.29. The number of nitrogens with zero attached hydrogens (tertiary/aromatic N) is 2. The van der Waals surface area contributed by atoms with Crippen LogP contribution in [0.1, 0.15) is 54.0 Å². The first kappa shape index (κ1) is 22.6. The van der Waals surface area contributed by atoms with E-state index in [0.29, 0.717) is 11.6 Å². The van der Waals surface area contributed by atoms with Crippen molar-refractivity contribution >= 4 is 23.6 Å². The SMILES string of the molecule is CC(C)(C)c1ccc(Cn2c(C3C=CSC3)nc(O)c(C(=O)NCC(=O)O)c2=O)cc1. The van der Waals surface area contributed by atoms with Crippen LogP contribution in [-0.2, 0) is 16.8 Å². The van der Waals surface area contributed by atoms with Gasteiger partial charge in [-0.05, 0) is 21.9 Å². The lowest BCUT2D eigenvalue weighted by molar-refractivity contribution is -0.135. The third-order valence-corrected chi connectivity index (χ3v) is 5.88. The van der Waals surface area contributed by atoms with Gasteiger partial charge in [-0.15, -0.1) is 11.8 Å². The molecule has 31 heavy (non-hydrogen) atoms. The predicted molar refractivity (Wildman–Crippen MR) is 119 cm³/mol. The van der Waals surface area contributed by atoms with Gasteiger partial charge in [-0.2, -0.15) is 4.98 Å². The molecule has 0 bridgehead atoms. The molecule has 0 aliphatic carbocycles. The average molecular weight is 444 g/mol. The third kappa shape index (κ3) is 5.16. The van der Waals surface area contributed by atoms with Crippen molar-refractivity contribution in [3.05, 3.63) is 68.6 Å². The Labute approximate surface area is 184 Å². The van der Waals surface area contributed by atoms with Gasteiger partial charge in [-0.1, -0.05) is 51.1 Å². The Bertz CT molecular complexity index is 1080. The molecule has 2 heterocycles. The van der Waals surface area contributed by atoms with Gasteiger partial charge < -0.3 is 15.5 Å². The lowest BCUT2D eigenvalue weighted by Gasteiger charge is -2.20. The van der Waals surface area contributed by atoms with Crippen molar-refractivity contribution in [2.75, 3.05) is 12.3 Å². The maximum atomic E-state index is 13.2. The number of aliphatic carboxylic acids is 1. The van der Waals surface area contributed by atoms with Crippen LogP contribution in [0.4, 0.5) is 0 Å². The summed E-state index contributed by atoms with van der Waals surface area (Å²) in [6.07, 6.45) is 1.90. The van der Waals surface area contributed by atoms with Gasteiger partial charge >= 0.3 is 5.97 Å². The standard InChI is InChI=1S/C22H25N3O5S/c1-22(2,3)15-6-4-13(5-7-15)11-25-18(14-8-9-31-12-14)24-20(29)17(21(25)30)19(28)23-10-16(26)27/h4-9,14,29H,10-12H2,1-3H3,(H,23,28)(H,26,27). The Morgan fingerprint density at radius 3 is 2.48 bits per heavy atom. The van der Waals surface area contributed by atoms with Crippen LogP contribution in [0.15, 0.2) is 40.5 Å². The first-order valence-corrected chi connectivity index (χ1v) is 10.8. The van der Waals surface area contributed by atoms with Crippen molar-refractivity contribution in [2.45, 2.75) is 38.6 Å². The van der Waals surface area contributed by atoms with Gasteiger partial charge in [0.2, 0.25) is 5.88 Å². The summed E-state index contributed by atoms with van der Waals surface area (Å²) < 4.78 is 1.38. The number of nitrogens with one attached hydrogen (secondary N) is 1. The molecule has 9 heteroatoms. The number of carbonyl (C=O) groups is 2. The molecule has 164 valence electrons. The van der Waals surface area contributed by atoms with Crippen LogP contribution in [0.5, 0.6) is 5.88 Å². The molecule has 0 fully saturated rings. The highest BCUT2D eigenvalue weighted by Crippen LogP contribution is 2.30. The number of benzene rings is 1. The van der Waals surface area contributed by atoms with Crippen molar-refractivity contribution in [3.8, 4) is 5.88 Å². The number of allylic oxidation sites excluding steroid dienone is 1. The van der Waals surface area contributed by atoms with Gasteiger partial charge in [0.25, 0.3) is 11.5 Å². The van der Waals surface area contributed by atoms with Gasteiger partial charge in [0.1, 0.15) is 12.4 Å². The van der Waals surface area contributed by atoms with Crippen LogP contribution in [-0.4, -0.2) is 43.9 Å². The Hall–Kier alpha value is -3.07. The molecule has 0 saturated carbocycles. The molecule has 1 aromatic heterocycles. The first-order chi connectivity index (χ1) is 14.6. The van der Waals surface area contributed by atoms with E-state index in [1.807, 2.05) is 35.7 Å². The molecule has 1 atom stereocenters. The maximum Gasteiger partial charge on any atom is 0.322 e. The van der Waals surface area contributed by atoms with Gasteiger partial charge in [0, 0.05) is 11.7 Å². The van der Waals surface area contributed by atoms with Crippen LogP contribution in [0.3, 0.4) is 0 Å². The molecule has 0 radical (unpaired) electrons. The smallest absolute Gasteiger partial charge is 0.322 e. The number of aromatic nitrogens is 2. The summed E-state index contributed by atoms with van der Waals surface area (Å²) in [6, 6.07) is 7.85. The number of rotatable bonds is 6. The topological polar surface area (TPSA) is 122 Å². The average Bonchev–Trinajstić information content (AvgIpc) is 3.22. The van der Waals surface area contributed by atoms with Crippen LogP contribution in [0.25, 0.3) is 0 Å². The van der Waals surface area contributed by atoms with Crippen molar-refractivity contribution in [2.24, 2.45) is 0 Å². The molecule has 3 N–H and O–H groups in total. The molecule has 3 rings (SSSR count). The van der Waals surface area contributed by atoms with Crippen LogP contribution >= 0.6 is 11.8 Å². The second kappa shape index (κ2) is 8.97. The van der Waals surface area contributed by atoms with E-state index in [-0.39, 0.29) is 17.9 Å². The second-order valence-electron chi connectivity index (χ2n) is 8.35. The van der Waals surface area contributed by atoms with E-state index in [4.69, 9.17) is 5.11 Å². The quantitative estimate of drug-likeness (QED) is 0.627. The number of hydrogen-bond donors (Lipinski definition) is 3. The normalized spacial score (nSPS) is 15.8. The van der Waals surface area contributed by atoms with E-state index in [0.717, 1.165) is 11.1 Å². The predicted octanol–water partition coefficient (Wildman–Crippen LogP) is 2.45. The summed E-state index contributed by atoms with van der Waals surface area (Å²) in [5, 5.41) is 23.1. The maximum absolute atomic E-state index is 13.2. The summed E-state index contributed by atoms with van der Waals surface area (Å²) in [7, 11) is 0. The number of hydrogen-bond acceptors (Lipinski definition) is 6. The number of thioether (sulfide) groups is 1. The lowest BCUT2D eigenvalue weighted by Crippen LogP contribution is -2.38. The van der Waals surface area contributed by atoms with E-state index in [9.17, 15) is 19.5 Å². The number of aromatic hydroxyl groups is 1. The zero-order valence-corrected chi connectivity index (χ0v) is 18.4. The number of carboxylic acid groups (broad SMARTS) is 1. The van der Waals surface area contributed by atoms with Gasteiger partial charge in [0.05, 0.1) is 6.54 Å². The Kier molecular flexibility index (Phi) is 6.54. The summed E-state index contributed by atoms with van der Waals surface area (Å²) in [4.78, 5) is 40.5. The highest BCUT2D eigenvalue weighted by Gasteiger charge is 2.27. The zero-order chi connectivity index (χ0) is 22.8. The molecule has 0 saturated heterocycles. The summed E-state index contributed by atoms with van der Waals surface area (Å²) in [5.41, 5.74) is 0.704. The minimum atomic E-state index is -1.26. The molecule has 2 aromatic rings. The highest BCUT2D eigenvalue weighted by molar-refractivity contribution is 8.02. The first-order valence-electron chi connectivity index (χ1n) is 9.79. The minimum Gasteiger partial charge on any atom is -0.493 e. The Balaban J connectivity index is 2.04. The molecular weight excluding hydrogens is 418 g/mol. The van der Waals surface area contributed by atoms with E-state index >= 15 is 0 Å². The molecule has 0 spiro atoms. The molecule has 8 nitrogen and oxygen atoms in total. The van der Waals surface area contributed by atoms with E-state index in [1.165, 1.54) is 4.57 Å². The zero-order valence-electron chi connectivity index (χ0n) is 17.6. The molecule has 1 aromatic carbocycles. The van der Waals surface area contributed by atoms with Gasteiger partial charge in [-0.3, -0.25) is 19.0 Å². The monoisotopic (exact) mass is 443 g/mol. The number of carbonyl (C=O) groups excluding carboxylic acids is 1. The molecule has 1 amide bonds. The molecule has 1 aliphatic rings. The van der Waals surface area contributed by atoms with Crippen molar-refractivity contribution in [1.29, 1.82) is 0 Å². The van der Waals surface area contributed by atoms with E-state index < -0.39 is 35.4 Å². The fourth-order valence-corrected chi connectivity index (χ4v) is 4.14. The Morgan fingerprint density at radius 1 is 1.26 bits per heavy atom. The number of amides is 1. The van der Waals surface area contributed by atoms with Crippen molar-refractivity contribution < 1.29 is 19.8 Å². The van der Waals surface area contributed by atoms with E-state index in [2.05, 4.69) is 31.1 Å². The van der Waals surface area contributed by atoms with Crippen LogP contribution in [0, 0.1) is 0 Å². The summed E-state index contributed by atoms with van der Waals surface area (Å²) in [5.74, 6) is -2.10. The largest absolute Gasteiger partial charge is 0.493 e. The number of carboxylic acids is 1. The van der Waals surface area contributed by atoms with Crippen LogP contribution in [0.2, 0.25) is 0 Å². The van der Waals surface area contributed by atoms with Gasteiger partial charge in [0.15, 0.2) is 5.56 Å². The van der Waals surface area contributed by atoms with Crippen LogP contribution < -0.4 is 10.9 Å². The van der Waals surface area contributed by atoms with Gasteiger partial charge in [-0.25, -0.2) is 0 Å². The van der Waals surface area contributed by atoms with Crippen molar-refractivity contribution in [3.63, 3.8) is 0 Å². The minimum absolute atomic E-state index is 0.0120. The summed E-state index contributed by atoms with van der Waals surface area (Å²) in [6.45, 7) is 5.83. The van der Waals surface area contributed by atoms with Crippen molar-refractivity contribution in [1.82, 2.24) is 14.9 Å². The fraction of sp³-hybridized carbons (Fsp3) is 0.364. The third-order valence-electron chi connectivity index (χ3n) is 4.98. The molecule has 1 unspecified atom stereocenters. The highest BCUT2D eigenvalue weighted by atomic mass is 32.2. The molecule has 1 aliphatic heterocycles. The summed E-state index contributed by atoms with van der Waals surface area (Å²) >= 11 is 1.57. The Morgan fingerprint density at radius 2 is 1.94 bits per heavy atom. The fourth-order valence-electron chi connectivity index (χ4n) is 3.26. The lowest BCUT2D eigenvalue weighted by atomic mass is 9.87. The van der Waals surface area contributed by atoms with E-state index in [1.54, 1.807) is 11.8 Å².